The summed E-state index contributed by atoms with van der Waals surface area (Å²) in [6, 6.07) is 7.42. The van der Waals surface area contributed by atoms with Crippen molar-refractivity contribution in [3.8, 4) is 11.4 Å². The minimum atomic E-state index is -0.543. The van der Waals surface area contributed by atoms with Gasteiger partial charge < -0.3 is 19.5 Å². The summed E-state index contributed by atoms with van der Waals surface area (Å²) in [7, 11) is 4.60. The van der Waals surface area contributed by atoms with E-state index in [2.05, 4.69) is 15.4 Å². The fraction of sp³-hybridized carbons (Fsp3) is 0.316. The number of nitrogens with zero attached hydrogens (tertiary/aromatic N) is 3. The summed E-state index contributed by atoms with van der Waals surface area (Å²) in [4.78, 5) is 16.9. The van der Waals surface area contributed by atoms with E-state index in [-0.39, 0.29) is 18.0 Å². The number of benzene rings is 1. The van der Waals surface area contributed by atoms with Gasteiger partial charge in [0, 0.05) is 20.4 Å². The Balaban J connectivity index is 1.96. The van der Waals surface area contributed by atoms with E-state index in [1.165, 1.54) is 20.4 Å². The first-order chi connectivity index (χ1) is 13.5. The molecule has 0 aliphatic heterocycles. The van der Waals surface area contributed by atoms with E-state index in [0.29, 0.717) is 21.7 Å². The normalized spacial score (nSPS) is 11.2. The molecule has 3 rings (SSSR count). The molecule has 1 amide bonds. The predicted octanol–water partition coefficient (Wildman–Crippen LogP) is 2.74. The van der Waals surface area contributed by atoms with Gasteiger partial charge in [0.2, 0.25) is 0 Å². The van der Waals surface area contributed by atoms with E-state index in [1.807, 2.05) is 31.2 Å². The maximum atomic E-state index is 12.5. The summed E-state index contributed by atoms with van der Waals surface area (Å²) in [6.07, 6.45) is 0.898. The van der Waals surface area contributed by atoms with E-state index >= 15 is 0 Å². The number of ether oxygens (including phenoxy) is 3. The van der Waals surface area contributed by atoms with Crippen LogP contribution in [0, 0.1) is 6.92 Å². The van der Waals surface area contributed by atoms with E-state index in [9.17, 15) is 4.79 Å². The Hall–Kier alpha value is -2.68. The molecule has 0 spiro atoms. The van der Waals surface area contributed by atoms with Gasteiger partial charge in [-0.25, -0.2) is 9.67 Å². The standard InChI is InChI=1S/C19H21ClN4O4/c1-11-16-17(20)14(19(25)22-10-15(27-3)28-4)9-21-18(16)24(23-11)12-5-7-13(26-2)8-6-12/h5-9,15H,10H2,1-4H3,(H,22,25). The highest BCUT2D eigenvalue weighted by atomic mass is 35.5. The third-order valence-corrected chi connectivity index (χ3v) is 4.72. The van der Waals surface area contributed by atoms with Crippen LogP contribution in [-0.4, -0.2) is 54.8 Å². The van der Waals surface area contributed by atoms with Crippen molar-refractivity contribution in [2.24, 2.45) is 0 Å². The molecule has 0 aliphatic carbocycles. The smallest absolute Gasteiger partial charge is 0.254 e. The molecule has 0 bridgehead atoms. The second kappa shape index (κ2) is 8.55. The highest BCUT2D eigenvalue weighted by Gasteiger charge is 2.20. The van der Waals surface area contributed by atoms with Gasteiger partial charge in [-0.2, -0.15) is 5.10 Å². The number of amides is 1. The minimum absolute atomic E-state index is 0.185. The minimum Gasteiger partial charge on any atom is -0.497 e. The van der Waals surface area contributed by atoms with E-state index in [1.54, 1.807) is 11.8 Å². The van der Waals surface area contributed by atoms with Crippen LogP contribution in [0.2, 0.25) is 5.02 Å². The Bertz CT molecular complexity index is 984. The molecule has 0 saturated carbocycles. The number of methoxy groups -OCH3 is 3. The Morgan fingerprint density at radius 3 is 2.50 bits per heavy atom. The number of hydrogen-bond donors (Lipinski definition) is 1. The lowest BCUT2D eigenvalue weighted by Crippen LogP contribution is -2.34. The van der Waals surface area contributed by atoms with Crippen molar-refractivity contribution in [1.82, 2.24) is 20.1 Å². The number of rotatable bonds is 7. The van der Waals surface area contributed by atoms with Gasteiger partial charge in [-0.1, -0.05) is 11.6 Å². The van der Waals surface area contributed by atoms with Crippen molar-refractivity contribution in [3.05, 3.63) is 46.7 Å². The Kier molecular flexibility index (Phi) is 6.13. The molecule has 0 saturated heterocycles. The molecule has 0 fully saturated rings. The Labute approximate surface area is 167 Å². The first-order valence-electron chi connectivity index (χ1n) is 8.52. The molecule has 0 unspecified atom stereocenters. The number of aryl methyl sites for hydroxylation is 1. The molecule has 2 aromatic heterocycles. The predicted molar refractivity (Wildman–Crippen MR) is 105 cm³/mol. The fourth-order valence-electron chi connectivity index (χ4n) is 2.80. The van der Waals surface area contributed by atoms with Crippen LogP contribution in [0.3, 0.4) is 0 Å². The largest absolute Gasteiger partial charge is 0.497 e. The zero-order valence-corrected chi connectivity index (χ0v) is 16.8. The number of carbonyl (C=O) groups is 1. The second-order valence-corrected chi connectivity index (χ2v) is 6.37. The third-order valence-electron chi connectivity index (χ3n) is 4.32. The number of pyridine rings is 1. The van der Waals surface area contributed by atoms with Crippen molar-refractivity contribution in [2.45, 2.75) is 13.2 Å². The number of nitrogens with one attached hydrogen (secondary N) is 1. The van der Waals surface area contributed by atoms with Gasteiger partial charge in [0.15, 0.2) is 11.9 Å². The quantitative estimate of drug-likeness (QED) is 0.609. The number of aromatic nitrogens is 3. The summed E-state index contributed by atoms with van der Waals surface area (Å²) in [6.45, 7) is 2.01. The molecular formula is C19H21ClN4O4. The van der Waals surface area contributed by atoms with Crippen molar-refractivity contribution in [3.63, 3.8) is 0 Å². The van der Waals surface area contributed by atoms with Crippen LogP contribution in [0.5, 0.6) is 5.75 Å². The summed E-state index contributed by atoms with van der Waals surface area (Å²) in [5.74, 6) is 0.377. The fourth-order valence-corrected chi connectivity index (χ4v) is 3.16. The highest BCUT2D eigenvalue weighted by molar-refractivity contribution is 6.38. The number of halogens is 1. The molecule has 1 N–H and O–H groups in total. The molecular weight excluding hydrogens is 384 g/mol. The number of hydrogen-bond acceptors (Lipinski definition) is 6. The summed E-state index contributed by atoms with van der Waals surface area (Å²) < 4.78 is 17.0. The lowest BCUT2D eigenvalue weighted by molar-refractivity contribution is -0.0974. The van der Waals surface area contributed by atoms with Crippen LogP contribution in [0.4, 0.5) is 0 Å². The first-order valence-corrected chi connectivity index (χ1v) is 8.90. The number of fused-ring (bicyclic) bond motifs is 1. The summed E-state index contributed by atoms with van der Waals surface area (Å²) in [5.41, 5.74) is 2.31. The molecule has 9 heteroatoms. The average molecular weight is 405 g/mol. The van der Waals surface area contributed by atoms with Crippen LogP contribution in [0.25, 0.3) is 16.7 Å². The van der Waals surface area contributed by atoms with Gasteiger partial charge in [0.05, 0.1) is 41.0 Å². The van der Waals surface area contributed by atoms with Gasteiger partial charge in [-0.15, -0.1) is 0 Å². The average Bonchev–Trinajstić information content (AvgIpc) is 3.06. The summed E-state index contributed by atoms with van der Waals surface area (Å²) in [5, 5.41) is 8.18. The van der Waals surface area contributed by atoms with Crippen molar-refractivity contribution in [1.29, 1.82) is 0 Å². The molecule has 148 valence electrons. The zero-order valence-electron chi connectivity index (χ0n) is 16.0. The Morgan fingerprint density at radius 1 is 1.21 bits per heavy atom. The molecule has 0 atom stereocenters. The van der Waals surface area contributed by atoms with Crippen molar-refractivity contribution in [2.75, 3.05) is 27.9 Å². The van der Waals surface area contributed by atoms with Gasteiger partial charge in [-0.3, -0.25) is 4.79 Å². The lowest BCUT2D eigenvalue weighted by Gasteiger charge is -2.14. The van der Waals surface area contributed by atoms with Crippen LogP contribution in [0.1, 0.15) is 16.1 Å². The van der Waals surface area contributed by atoms with Gasteiger partial charge in [0.1, 0.15) is 5.75 Å². The zero-order chi connectivity index (χ0) is 20.3. The molecule has 28 heavy (non-hydrogen) atoms. The van der Waals surface area contributed by atoms with Crippen molar-refractivity contribution >= 4 is 28.5 Å². The monoisotopic (exact) mass is 404 g/mol. The highest BCUT2D eigenvalue weighted by Crippen LogP contribution is 2.30. The van der Waals surface area contributed by atoms with Gasteiger partial charge >= 0.3 is 0 Å². The molecule has 0 radical (unpaired) electrons. The van der Waals surface area contributed by atoms with Crippen LogP contribution >= 0.6 is 11.6 Å². The maximum Gasteiger partial charge on any atom is 0.254 e. The van der Waals surface area contributed by atoms with Crippen LogP contribution in [0.15, 0.2) is 30.5 Å². The van der Waals surface area contributed by atoms with Crippen LogP contribution in [-0.2, 0) is 9.47 Å². The molecule has 3 aromatic rings. The number of carbonyl (C=O) groups excluding carboxylic acids is 1. The van der Waals surface area contributed by atoms with Gasteiger partial charge in [0.25, 0.3) is 5.91 Å². The maximum absolute atomic E-state index is 12.5. The van der Waals surface area contributed by atoms with E-state index in [0.717, 1.165) is 11.4 Å². The van der Waals surface area contributed by atoms with E-state index in [4.69, 9.17) is 25.8 Å². The molecule has 1 aromatic carbocycles. The van der Waals surface area contributed by atoms with Crippen LogP contribution < -0.4 is 10.1 Å². The Morgan fingerprint density at radius 2 is 1.89 bits per heavy atom. The van der Waals surface area contributed by atoms with Gasteiger partial charge in [-0.05, 0) is 31.2 Å². The topological polar surface area (TPSA) is 87.5 Å². The molecule has 0 aliphatic rings. The SMILES string of the molecule is COc1ccc(-n2nc(C)c3c(Cl)c(C(=O)NCC(OC)OC)cnc32)cc1. The van der Waals surface area contributed by atoms with Crippen molar-refractivity contribution < 1.29 is 19.0 Å². The molecule has 2 heterocycles. The lowest BCUT2D eigenvalue weighted by atomic mass is 10.2. The third kappa shape index (κ3) is 3.80. The van der Waals surface area contributed by atoms with E-state index < -0.39 is 6.29 Å². The summed E-state index contributed by atoms with van der Waals surface area (Å²) >= 11 is 6.54. The molecule has 8 nitrogen and oxygen atoms in total. The second-order valence-electron chi connectivity index (χ2n) is 5.99. The first kappa shape index (κ1) is 20.1.